The van der Waals surface area contributed by atoms with Crippen LogP contribution < -0.4 is 15.9 Å². The maximum Gasteiger partial charge on any atom is 0.420 e. The maximum absolute atomic E-state index is 12.8. The minimum absolute atomic E-state index is 0.240. The topological polar surface area (TPSA) is 76.7 Å². The lowest BCUT2D eigenvalue weighted by Crippen LogP contribution is -2.24. The molecule has 0 atom stereocenters. The molecule has 3 N–H and O–H groups in total. The van der Waals surface area contributed by atoms with Gasteiger partial charge in [-0.2, -0.15) is 18.3 Å². The van der Waals surface area contributed by atoms with Crippen LogP contribution in [-0.4, -0.2) is 19.4 Å². The van der Waals surface area contributed by atoms with Gasteiger partial charge in [0.25, 0.3) is 0 Å². The summed E-state index contributed by atoms with van der Waals surface area (Å²) in [5.41, 5.74) is 5.33. The molecule has 18 heavy (non-hydrogen) atoms. The molecule has 1 rings (SSSR count). The predicted octanol–water partition coefficient (Wildman–Crippen LogP) is 1.72. The largest absolute Gasteiger partial charge is 0.496 e. The van der Waals surface area contributed by atoms with Crippen LogP contribution in [0.2, 0.25) is 0 Å². The van der Waals surface area contributed by atoms with E-state index in [9.17, 15) is 18.0 Å². The fourth-order valence-electron chi connectivity index (χ4n) is 1.29. The van der Waals surface area contributed by atoms with Crippen LogP contribution >= 0.6 is 0 Å². The molecule has 1 aromatic rings. The van der Waals surface area contributed by atoms with Crippen molar-refractivity contribution >= 4 is 12.2 Å². The summed E-state index contributed by atoms with van der Waals surface area (Å²) < 4.78 is 43.1. The highest BCUT2D eigenvalue weighted by Gasteiger charge is 2.36. The third-order valence-electron chi connectivity index (χ3n) is 1.94. The molecule has 2 amide bonds. The zero-order chi connectivity index (χ0) is 13.8. The summed E-state index contributed by atoms with van der Waals surface area (Å²) in [5.74, 6) is -0.328. The van der Waals surface area contributed by atoms with Crippen LogP contribution in [0, 0.1) is 0 Å². The number of benzene rings is 1. The molecular weight excluding hydrogens is 251 g/mol. The lowest BCUT2D eigenvalue weighted by Gasteiger charge is -2.14. The highest BCUT2D eigenvalue weighted by atomic mass is 19.4. The van der Waals surface area contributed by atoms with E-state index in [4.69, 9.17) is 5.73 Å². The molecule has 0 spiro atoms. The standard InChI is InChI=1S/C10H10F3N3O2/c1-18-7-4-2-3-6(5-15-16-9(14)17)8(7)10(11,12)13/h2-5H,1H3,(H3,14,16,17). The number of halogens is 3. The molecule has 0 aliphatic heterocycles. The second kappa shape index (κ2) is 5.39. The van der Waals surface area contributed by atoms with Gasteiger partial charge in [-0.15, -0.1) is 0 Å². The van der Waals surface area contributed by atoms with Crippen molar-refractivity contribution in [2.24, 2.45) is 10.8 Å². The summed E-state index contributed by atoms with van der Waals surface area (Å²) in [6.45, 7) is 0. The first-order valence-corrected chi connectivity index (χ1v) is 4.69. The molecule has 0 fully saturated rings. The predicted molar refractivity (Wildman–Crippen MR) is 58.3 cm³/mol. The average molecular weight is 261 g/mol. The molecule has 0 heterocycles. The summed E-state index contributed by atoms with van der Waals surface area (Å²) in [4.78, 5) is 10.3. The Morgan fingerprint density at radius 3 is 2.67 bits per heavy atom. The van der Waals surface area contributed by atoms with Gasteiger partial charge in [0, 0.05) is 5.56 Å². The highest BCUT2D eigenvalue weighted by molar-refractivity contribution is 5.84. The second-order valence-electron chi connectivity index (χ2n) is 3.16. The number of carbonyl (C=O) groups is 1. The van der Waals surface area contributed by atoms with Gasteiger partial charge in [0.15, 0.2) is 0 Å². The Morgan fingerprint density at radius 1 is 1.50 bits per heavy atom. The van der Waals surface area contributed by atoms with Crippen LogP contribution in [0.3, 0.4) is 0 Å². The first-order valence-electron chi connectivity index (χ1n) is 4.69. The average Bonchev–Trinajstić information content (AvgIpc) is 2.26. The quantitative estimate of drug-likeness (QED) is 0.642. The second-order valence-corrected chi connectivity index (χ2v) is 3.16. The number of rotatable bonds is 3. The lowest BCUT2D eigenvalue weighted by atomic mass is 10.1. The Morgan fingerprint density at radius 2 is 2.17 bits per heavy atom. The first kappa shape index (κ1) is 13.8. The van der Waals surface area contributed by atoms with Crippen molar-refractivity contribution in [3.8, 4) is 5.75 Å². The molecule has 1 aromatic carbocycles. The van der Waals surface area contributed by atoms with Gasteiger partial charge in [-0.25, -0.2) is 10.2 Å². The van der Waals surface area contributed by atoms with E-state index in [1.165, 1.54) is 18.2 Å². The van der Waals surface area contributed by atoms with Gasteiger partial charge < -0.3 is 10.5 Å². The maximum atomic E-state index is 12.8. The van der Waals surface area contributed by atoms with Gasteiger partial charge in [-0.3, -0.25) is 0 Å². The van der Waals surface area contributed by atoms with Crippen LogP contribution in [0.25, 0.3) is 0 Å². The highest BCUT2D eigenvalue weighted by Crippen LogP contribution is 2.37. The molecule has 0 aromatic heterocycles. The molecule has 98 valence electrons. The monoisotopic (exact) mass is 261 g/mol. The SMILES string of the molecule is COc1cccc(C=NNC(N)=O)c1C(F)(F)F. The number of primary amides is 1. The zero-order valence-corrected chi connectivity index (χ0v) is 9.28. The van der Waals surface area contributed by atoms with Crippen molar-refractivity contribution < 1.29 is 22.7 Å². The van der Waals surface area contributed by atoms with Crippen LogP contribution in [-0.2, 0) is 6.18 Å². The molecule has 0 bridgehead atoms. The number of carbonyl (C=O) groups excluding carboxylic acids is 1. The Bertz CT molecular complexity index is 472. The first-order chi connectivity index (χ1) is 8.36. The molecule has 0 aliphatic carbocycles. The van der Waals surface area contributed by atoms with Crippen LogP contribution in [0.15, 0.2) is 23.3 Å². The number of hydrogen-bond acceptors (Lipinski definition) is 3. The van der Waals surface area contributed by atoms with Crippen LogP contribution in [0.1, 0.15) is 11.1 Å². The van der Waals surface area contributed by atoms with Crippen molar-refractivity contribution in [3.05, 3.63) is 29.3 Å². The van der Waals surface area contributed by atoms with Crippen LogP contribution in [0.5, 0.6) is 5.75 Å². The number of nitrogens with two attached hydrogens (primary N) is 1. The Balaban J connectivity index is 3.19. The number of hydrazone groups is 1. The minimum Gasteiger partial charge on any atom is -0.496 e. The van der Waals surface area contributed by atoms with E-state index in [0.29, 0.717) is 0 Å². The third-order valence-corrected chi connectivity index (χ3v) is 1.94. The van der Waals surface area contributed by atoms with Gasteiger partial charge in [-0.05, 0) is 6.07 Å². The van der Waals surface area contributed by atoms with Crippen molar-refractivity contribution in [1.29, 1.82) is 0 Å². The number of alkyl halides is 3. The number of methoxy groups -OCH3 is 1. The normalized spacial score (nSPS) is 11.6. The number of hydrogen-bond donors (Lipinski definition) is 2. The molecular formula is C10H10F3N3O2. The number of nitrogens with zero attached hydrogens (tertiary/aromatic N) is 1. The molecule has 0 aliphatic rings. The van der Waals surface area contributed by atoms with E-state index in [2.05, 4.69) is 9.84 Å². The van der Waals surface area contributed by atoms with E-state index in [1.54, 1.807) is 0 Å². The third kappa shape index (κ3) is 3.37. The summed E-state index contributed by atoms with van der Waals surface area (Å²) in [5, 5.41) is 3.29. The molecule has 0 saturated heterocycles. The van der Waals surface area contributed by atoms with E-state index < -0.39 is 17.8 Å². The molecule has 8 heteroatoms. The number of amides is 2. The zero-order valence-electron chi connectivity index (χ0n) is 9.28. The van der Waals surface area contributed by atoms with Crippen LogP contribution in [0.4, 0.5) is 18.0 Å². The van der Waals surface area contributed by atoms with E-state index in [1.807, 2.05) is 5.43 Å². The summed E-state index contributed by atoms with van der Waals surface area (Å²) >= 11 is 0. The molecule has 0 unspecified atom stereocenters. The van der Waals surface area contributed by atoms with Crippen molar-refractivity contribution in [2.45, 2.75) is 6.18 Å². The van der Waals surface area contributed by atoms with Gasteiger partial charge in [-0.1, -0.05) is 12.1 Å². The smallest absolute Gasteiger partial charge is 0.420 e. The lowest BCUT2D eigenvalue weighted by molar-refractivity contribution is -0.138. The minimum atomic E-state index is -4.60. The van der Waals surface area contributed by atoms with E-state index in [0.717, 1.165) is 13.3 Å². The van der Waals surface area contributed by atoms with Gasteiger partial charge >= 0.3 is 12.2 Å². The van der Waals surface area contributed by atoms with E-state index in [-0.39, 0.29) is 11.3 Å². The van der Waals surface area contributed by atoms with Crippen molar-refractivity contribution in [1.82, 2.24) is 5.43 Å². The Kier molecular flexibility index (Phi) is 4.13. The molecule has 0 radical (unpaired) electrons. The fraction of sp³-hybridized carbons (Fsp3) is 0.200. The Labute approximate surface area is 100 Å². The Hall–Kier alpha value is -2.25. The molecule has 5 nitrogen and oxygen atoms in total. The number of urea groups is 1. The number of nitrogens with one attached hydrogen (secondary N) is 1. The summed E-state index contributed by atoms with van der Waals surface area (Å²) in [6.07, 6.45) is -3.75. The van der Waals surface area contributed by atoms with Crippen molar-refractivity contribution in [2.75, 3.05) is 7.11 Å². The van der Waals surface area contributed by atoms with Gasteiger partial charge in [0.05, 0.1) is 13.3 Å². The fourth-order valence-corrected chi connectivity index (χ4v) is 1.29. The summed E-state index contributed by atoms with van der Waals surface area (Å²) in [6, 6.07) is 2.78. The van der Waals surface area contributed by atoms with Gasteiger partial charge in [0.2, 0.25) is 0 Å². The number of ether oxygens (including phenoxy) is 1. The van der Waals surface area contributed by atoms with Gasteiger partial charge in [0.1, 0.15) is 11.3 Å². The van der Waals surface area contributed by atoms with E-state index >= 15 is 0 Å². The van der Waals surface area contributed by atoms with Crippen molar-refractivity contribution in [3.63, 3.8) is 0 Å². The summed E-state index contributed by atoms with van der Waals surface area (Å²) in [7, 11) is 1.13. The molecule has 0 saturated carbocycles.